The Balaban J connectivity index is 1.68. The average molecular weight is 316 g/mol. The zero-order chi connectivity index (χ0) is 15.0. The molecule has 0 aromatic carbocycles. The van der Waals surface area contributed by atoms with Crippen LogP contribution in [0.4, 0.5) is 4.39 Å². The second-order valence-corrected chi connectivity index (χ2v) is 6.82. The van der Waals surface area contributed by atoms with E-state index in [1.807, 2.05) is 6.92 Å². The number of ether oxygens (including phenoxy) is 4. The second kappa shape index (κ2) is 5.93. The summed E-state index contributed by atoms with van der Waals surface area (Å²) in [6, 6.07) is 2.06. The Kier molecular flexibility index (Phi) is 4.34. The van der Waals surface area contributed by atoms with Gasteiger partial charge in [-0.2, -0.15) is 0 Å². The van der Waals surface area contributed by atoms with Gasteiger partial charge in [0.25, 0.3) is 0 Å². The lowest BCUT2D eigenvalue weighted by molar-refractivity contribution is -0.233. The van der Waals surface area contributed by atoms with Crippen LogP contribution in [0.3, 0.4) is 0 Å². The van der Waals surface area contributed by atoms with Crippen LogP contribution in [0.1, 0.15) is 30.7 Å². The van der Waals surface area contributed by atoms with Crippen molar-refractivity contribution in [1.29, 1.82) is 0 Å². The summed E-state index contributed by atoms with van der Waals surface area (Å²) in [6.07, 6.45) is -0.408. The molecule has 0 aliphatic carbocycles. The molecule has 1 aromatic heterocycles. The second-order valence-electron chi connectivity index (χ2n) is 5.70. The first-order valence-electron chi connectivity index (χ1n) is 7.28. The van der Waals surface area contributed by atoms with Gasteiger partial charge in [-0.1, -0.05) is 6.92 Å². The average Bonchev–Trinajstić information content (AvgIpc) is 3.10. The maximum Gasteiger partial charge on any atom is 0.197 e. The molecular weight excluding hydrogens is 295 g/mol. The van der Waals surface area contributed by atoms with E-state index >= 15 is 0 Å². The first kappa shape index (κ1) is 15.4. The molecule has 0 radical (unpaired) electrons. The number of hydrogen-bond donors (Lipinski definition) is 0. The van der Waals surface area contributed by atoms with Crippen LogP contribution in [0.15, 0.2) is 11.4 Å². The minimum atomic E-state index is -1.21. The normalized spacial score (nSPS) is 38.9. The standard InChI is InChI=1S/C15H21FO4S/c1-4-11-12(17-7-10-5-6-21-9(10)2)13-14(18-11)20-15(3,8-16)19-13/h5-6,11-14H,4,7-8H2,1-3H3/t11-,12+,13-,14-,15?/m1/s1. The van der Waals surface area contributed by atoms with Crippen molar-refractivity contribution in [1.82, 2.24) is 0 Å². The molecular formula is C15H21FO4S. The van der Waals surface area contributed by atoms with E-state index in [9.17, 15) is 4.39 Å². The Bertz CT molecular complexity index is 494. The van der Waals surface area contributed by atoms with Crippen LogP contribution in [-0.4, -0.2) is 37.1 Å². The fourth-order valence-corrected chi connectivity index (χ4v) is 3.53. The molecule has 0 spiro atoms. The number of rotatable bonds is 5. The van der Waals surface area contributed by atoms with E-state index in [1.165, 1.54) is 10.4 Å². The smallest absolute Gasteiger partial charge is 0.197 e. The first-order chi connectivity index (χ1) is 10.1. The van der Waals surface area contributed by atoms with Crippen molar-refractivity contribution < 1.29 is 23.3 Å². The molecule has 2 fully saturated rings. The number of hydrogen-bond acceptors (Lipinski definition) is 5. The van der Waals surface area contributed by atoms with Crippen molar-refractivity contribution in [2.75, 3.05) is 6.67 Å². The Morgan fingerprint density at radius 3 is 2.86 bits per heavy atom. The van der Waals surface area contributed by atoms with Crippen molar-refractivity contribution in [3.8, 4) is 0 Å². The summed E-state index contributed by atoms with van der Waals surface area (Å²) in [5, 5.41) is 2.05. The van der Waals surface area contributed by atoms with Gasteiger partial charge in [0.15, 0.2) is 12.1 Å². The number of thiophene rings is 1. The van der Waals surface area contributed by atoms with Gasteiger partial charge >= 0.3 is 0 Å². The minimum Gasteiger partial charge on any atom is -0.368 e. The Labute approximate surface area is 128 Å². The summed E-state index contributed by atoms with van der Waals surface area (Å²) in [5.74, 6) is -1.21. The van der Waals surface area contributed by atoms with Gasteiger partial charge in [-0.15, -0.1) is 11.3 Å². The summed E-state index contributed by atoms with van der Waals surface area (Å²) in [6.45, 7) is 5.52. The molecule has 0 amide bonds. The third kappa shape index (κ3) is 2.87. The van der Waals surface area contributed by atoms with Crippen LogP contribution in [-0.2, 0) is 25.6 Å². The SMILES string of the molecule is CC[C@H]1O[C@@H]2OC(C)(CF)O[C@@H]2[C@H]1OCc1ccsc1C. The van der Waals surface area contributed by atoms with Crippen molar-refractivity contribution >= 4 is 11.3 Å². The first-order valence-corrected chi connectivity index (χ1v) is 8.16. The molecule has 4 nitrogen and oxygen atoms in total. The topological polar surface area (TPSA) is 36.9 Å². The highest BCUT2D eigenvalue weighted by atomic mass is 32.1. The quantitative estimate of drug-likeness (QED) is 0.836. The Morgan fingerprint density at radius 2 is 2.24 bits per heavy atom. The van der Waals surface area contributed by atoms with E-state index in [0.29, 0.717) is 6.61 Å². The largest absolute Gasteiger partial charge is 0.368 e. The molecule has 0 N–H and O–H groups in total. The highest BCUT2D eigenvalue weighted by Gasteiger charge is 2.56. The van der Waals surface area contributed by atoms with Crippen molar-refractivity contribution in [3.05, 3.63) is 21.9 Å². The summed E-state index contributed by atoms with van der Waals surface area (Å²) in [7, 11) is 0. The van der Waals surface area contributed by atoms with Gasteiger partial charge in [-0.25, -0.2) is 4.39 Å². The molecule has 21 heavy (non-hydrogen) atoms. The van der Waals surface area contributed by atoms with Gasteiger partial charge in [0, 0.05) is 4.88 Å². The molecule has 1 aromatic rings. The summed E-state index contributed by atoms with van der Waals surface area (Å²) >= 11 is 1.70. The number of aryl methyl sites for hydroxylation is 1. The van der Waals surface area contributed by atoms with Crippen LogP contribution >= 0.6 is 11.3 Å². The van der Waals surface area contributed by atoms with Crippen LogP contribution in [0, 0.1) is 6.92 Å². The summed E-state index contributed by atoms with van der Waals surface area (Å²) in [4.78, 5) is 1.25. The zero-order valence-electron chi connectivity index (χ0n) is 12.5. The molecule has 1 unspecified atom stereocenters. The third-order valence-corrected chi connectivity index (χ3v) is 4.95. The summed E-state index contributed by atoms with van der Waals surface area (Å²) < 4.78 is 36.1. The lowest BCUT2D eigenvalue weighted by atomic mass is 10.1. The van der Waals surface area contributed by atoms with Crippen molar-refractivity contribution in [2.45, 2.75) is 64.2 Å². The number of halogens is 1. The van der Waals surface area contributed by atoms with E-state index in [2.05, 4.69) is 18.4 Å². The molecule has 6 heteroatoms. The molecule has 3 rings (SSSR count). The van der Waals surface area contributed by atoms with E-state index < -0.39 is 18.8 Å². The number of fused-ring (bicyclic) bond motifs is 1. The minimum absolute atomic E-state index is 0.0805. The lowest BCUT2D eigenvalue weighted by Gasteiger charge is -2.26. The van der Waals surface area contributed by atoms with Gasteiger partial charge in [-0.3, -0.25) is 0 Å². The van der Waals surface area contributed by atoms with E-state index in [4.69, 9.17) is 18.9 Å². The Morgan fingerprint density at radius 1 is 1.43 bits per heavy atom. The third-order valence-electron chi connectivity index (χ3n) is 4.06. The highest BCUT2D eigenvalue weighted by Crippen LogP contribution is 2.40. The van der Waals surface area contributed by atoms with Crippen LogP contribution < -0.4 is 0 Å². The van der Waals surface area contributed by atoms with Gasteiger partial charge in [0.1, 0.15) is 18.9 Å². The van der Waals surface area contributed by atoms with Crippen LogP contribution in [0.2, 0.25) is 0 Å². The van der Waals surface area contributed by atoms with E-state index in [0.717, 1.165) is 6.42 Å². The zero-order valence-corrected chi connectivity index (χ0v) is 13.3. The van der Waals surface area contributed by atoms with Gasteiger partial charge in [0.2, 0.25) is 0 Å². The monoisotopic (exact) mass is 316 g/mol. The predicted molar refractivity (Wildman–Crippen MR) is 76.9 cm³/mol. The maximum absolute atomic E-state index is 13.0. The molecule has 0 saturated carbocycles. The molecule has 2 aliphatic heterocycles. The fraction of sp³-hybridized carbons (Fsp3) is 0.733. The molecule has 118 valence electrons. The Hall–Kier alpha value is -0.530. The van der Waals surface area contributed by atoms with E-state index in [1.54, 1.807) is 18.3 Å². The van der Waals surface area contributed by atoms with Gasteiger partial charge in [0.05, 0.1) is 12.7 Å². The lowest BCUT2D eigenvalue weighted by Crippen LogP contribution is -2.38. The van der Waals surface area contributed by atoms with Crippen LogP contribution in [0.25, 0.3) is 0 Å². The van der Waals surface area contributed by atoms with E-state index in [-0.39, 0.29) is 18.3 Å². The number of alkyl halides is 1. The summed E-state index contributed by atoms with van der Waals surface area (Å²) in [5.41, 5.74) is 1.17. The van der Waals surface area contributed by atoms with Crippen molar-refractivity contribution in [2.24, 2.45) is 0 Å². The molecule has 0 bridgehead atoms. The highest BCUT2D eigenvalue weighted by molar-refractivity contribution is 7.10. The molecule has 3 heterocycles. The molecule has 2 saturated heterocycles. The maximum atomic E-state index is 13.0. The van der Waals surface area contributed by atoms with Crippen LogP contribution in [0.5, 0.6) is 0 Å². The van der Waals surface area contributed by atoms with Crippen molar-refractivity contribution in [3.63, 3.8) is 0 Å². The predicted octanol–water partition coefficient (Wildman–Crippen LogP) is 3.18. The van der Waals surface area contributed by atoms with Gasteiger partial charge in [-0.05, 0) is 37.3 Å². The fourth-order valence-electron chi connectivity index (χ4n) is 2.81. The van der Waals surface area contributed by atoms with Gasteiger partial charge < -0.3 is 18.9 Å². The molecule has 5 atom stereocenters. The molecule has 2 aliphatic rings.